The van der Waals surface area contributed by atoms with E-state index in [-0.39, 0.29) is 0 Å². The van der Waals surface area contributed by atoms with E-state index >= 15 is 0 Å². The van der Waals surface area contributed by atoms with Crippen LogP contribution >= 0.6 is 0 Å². The van der Waals surface area contributed by atoms with E-state index in [0.29, 0.717) is 30.8 Å². The second kappa shape index (κ2) is 6.70. The molecule has 8 heteroatoms. The van der Waals surface area contributed by atoms with Crippen molar-refractivity contribution in [2.75, 3.05) is 0 Å². The standard InChI is InChI=1S/C20H20N6O2/c1-13-15-5-4-6-16(15)22-19(21-13)9-10-25-11-14(23-24-25)12-26-17-7-2-3-8-18(17)28-20(26)27/h2-3,7-8,11H,4-6,9-10,12H2,1H3. The molecule has 0 saturated carbocycles. The smallest absolute Gasteiger partial charge is 0.408 e. The number of nitrogens with zero attached hydrogens (tertiary/aromatic N) is 6. The van der Waals surface area contributed by atoms with Gasteiger partial charge in [0.1, 0.15) is 11.5 Å². The van der Waals surface area contributed by atoms with Crippen molar-refractivity contribution in [2.24, 2.45) is 0 Å². The number of hydrogen-bond acceptors (Lipinski definition) is 6. The highest BCUT2D eigenvalue weighted by atomic mass is 16.4. The summed E-state index contributed by atoms with van der Waals surface area (Å²) in [6.07, 6.45) is 5.87. The van der Waals surface area contributed by atoms with Crippen LogP contribution in [0.15, 0.2) is 39.7 Å². The van der Waals surface area contributed by atoms with Gasteiger partial charge in [0.2, 0.25) is 0 Å². The minimum atomic E-state index is -0.391. The Morgan fingerprint density at radius 1 is 1.18 bits per heavy atom. The molecular formula is C20H20N6O2. The molecule has 0 bridgehead atoms. The maximum atomic E-state index is 12.1. The summed E-state index contributed by atoms with van der Waals surface area (Å²) in [5.74, 6) is 0.463. The largest absolute Gasteiger partial charge is 0.420 e. The van der Waals surface area contributed by atoms with Gasteiger partial charge in [-0.25, -0.2) is 14.8 Å². The molecule has 0 amide bonds. The van der Waals surface area contributed by atoms with E-state index in [1.54, 1.807) is 15.3 Å². The molecule has 0 aliphatic heterocycles. The predicted octanol–water partition coefficient (Wildman–Crippen LogP) is 2.06. The molecule has 0 spiro atoms. The van der Waals surface area contributed by atoms with Crippen molar-refractivity contribution < 1.29 is 4.42 Å². The molecule has 0 unspecified atom stereocenters. The van der Waals surface area contributed by atoms with Gasteiger partial charge in [-0.15, -0.1) is 5.10 Å². The summed E-state index contributed by atoms with van der Waals surface area (Å²) in [6, 6.07) is 7.36. The fourth-order valence-electron chi connectivity index (χ4n) is 3.86. The lowest BCUT2D eigenvalue weighted by molar-refractivity contribution is 0.516. The third kappa shape index (κ3) is 3.00. The molecule has 1 aromatic carbocycles. The number of para-hydroxylation sites is 2. The SMILES string of the molecule is Cc1nc(CCn2cc(Cn3c(=O)oc4ccccc43)nn2)nc2c1CCC2. The minimum absolute atomic E-state index is 0.324. The van der Waals surface area contributed by atoms with Crippen LogP contribution in [0.5, 0.6) is 0 Å². The van der Waals surface area contributed by atoms with Crippen molar-refractivity contribution in [2.45, 2.75) is 45.7 Å². The molecule has 0 saturated heterocycles. The van der Waals surface area contributed by atoms with Crippen LogP contribution < -0.4 is 5.76 Å². The molecule has 1 aliphatic carbocycles. The number of fused-ring (bicyclic) bond motifs is 2. The van der Waals surface area contributed by atoms with Gasteiger partial charge in [0.15, 0.2) is 5.58 Å². The first-order valence-electron chi connectivity index (χ1n) is 9.50. The molecule has 3 heterocycles. The highest BCUT2D eigenvalue weighted by Gasteiger charge is 2.17. The van der Waals surface area contributed by atoms with Crippen LogP contribution in [0, 0.1) is 6.92 Å². The summed E-state index contributed by atoms with van der Waals surface area (Å²) in [7, 11) is 0. The van der Waals surface area contributed by atoms with Crippen LogP contribution in [-0.4, -0.2) is 29.5 Å². The van der Waals surface area contributed by atoms with E-state index in [1.807, 2.05) is 24.4 Å². The monoisotopic (exact) mass is 376 g/mol. The van der Waals surface area contributed by atoms with Gasteiger partial charge in [-0.1, -0.05) is 17.3 Å². The summed E-state index contributed by atoms with van der Waals surface area (Å²) in [5.41, 5.74) is 5.66. The Bertz CT molecular complexity index is 1220. The molecule has 3 aromatic heterocycles. The number of aromatic nitrogens is 6. The average molecular weight is 376 g/mol. The van der Waals surface area contributed by atoms with Crippen LogP contribution in [0.2, 0.25) is 0 Å². The van der Waals surface area contributed by atoms with Gasteiger partial charge in [0.25, 0.3) is 0 Å². The zero-order chi connectivity index (χ0) is 19.1. The average Bonchev–Trinajstić information content (AvgIpc) is 3.40. The van der Waals surface area contributed by atoms with E-state index in [2.05, 4.69) is 22.2 Å². The Kier molecular flexibility index (Phi) is 4.03. The topological polar surface area (TPSA) is 91.6 Å². The van der Waals surface area contributed by atoms with Crippen LogP contribution in [0.25, 0.3) is 11.1 Å². The van der Waals surface area contributed by atoms with Crippen molar-refractivity contribution in [1.29, 1.82) is 0 Å². The minimum Gasteiger partial charge on any atom is -0.408 e. The fourth-order valence-corrected chi connectivity index (χ4v) is 3.86. The van der Waals surface area contributed by atoms with Gasteiger partial charge in [0.05, 0.1) is 18.3 Å². The lowest BCUT2D eigenvalue weighted by Crippen LogP contribution is -2.15. The first kappa shape index (κ1) is 16.9. The maximum absolute atomic E-state index is 12.1. The lowest BCUT2D eigenvalue weighted by atomic mass is 10.2. The molecule has 5 rings (SSSR count). The molecule has 0 atom stereocenters. The summed E-state index contributed by atoms with van der Waals surface area (Å²) < 4.78 is 8.61. The van der Waals surface area contributed by atoms with Gasteiger partial charge >= 0.3 is 5.76 Å². The highest BCUT2D eigenvalue weighted by Crippen LogP contribution is 2.22. The number of rotatable bonds is 5. The van der Waals surface area contributed by atoms with Gasteiger partial charge in [-0.05, 0) is 43.9 Å². The molecule has 0 fully saturated rings. The van der Waals surface area contributed by atoms with E-state index in [0.717, 1.165) is 29.9 Å². The maximum Gasteiger partial charge on any atom is 0.420 e. The third-order valence-electron chi connectivity index (χ3n) is 5.23. The van der Waals surface area contributed by atoms with Gasteiger partial charge in [-0.2, -0.15) is 0 Å². The first-order valence-corrected chi connectivity index (χ1v) is 9.50. The van der Waals surface area contributed by atoms with Crippen molar-refractivity contribution >= 4 is 11.1 Å². The fraction of sp³-hybridized carbons (Fsp3) is 0.350. The first-order chi connectivity index (χ1) is 13.7. The quantitative estimate of drug-likeness (QED) is 0.529. The summed E-state index contributed by atoms with van der Waals surface area (Å²) in [4.78, 5) is 21.5. The Hall–Kier alpha value is -3.29. The van der Waals surface area contributed by atoms with Gasteiger partial charge in [-0.3, -0.25) is 9.25 Å². The summed E-state index contributed by atoms with van der Waals surface area (Å²) >= 11 is 0. The van der Waals surface area contributed by atoms with Crippen molar-refractivity contribution in [3.63, 3.8) is 0 Å². The zero-order valence-electron chi connectivity index (χ0n) is 15.6. The normalized spacial score (nSPS) is 13.3. The Balaban J connectivity index is 1.31. The molecule has 8 nitrogen and oxygen atoms in total. The van der Waals surface area contributed by atoms with Crippen molar-refractivity contribution in [1.82, 2.24) is 29.5 Å². The van der Waals surface area contributed by atoms with E-state index in [4.69, 9.17) is 9.40 Å². The second-order valence-corrected chi connectivity index (χ2v) is 7.15. The summed E-state index contributed by atoms with van der Waals surface area (Å²) in [6.45, 7) is 3.03. The van der Waals surface area contributed by atoms with Crippen LogP contribution in [0.3, 0.4) is 0 Å². The zero-order valence-corrected chi connectivity index (χ0v) is 15.6. The third-order valence-corrected chi connectivity index (χ3v) is 5.23. The summed E-state index contributed by atoms with van der Waals surface area (Å²) in [5, 5.41) is 8.38. The van der Waals surface area contributed by atoms with Crippen LogP contribution in [-0.2, 0) is 32.4 Å². The molecule has 0 N–H and O–H groups in total. The number of benzene rings is 1. The van der Waals surface area contributed by atoms with Crippen molar-refractivity contribution in [3.05, 3.63) is 69.5 Å². The van der Waals surface area contributed by atoms with Gasteiger partial charge in [0, 0.05) is 24.4 Å². The van der Waals surface area contributed by atoms with E-state index < -0.39 is 5.76 Å². The number of oxazole rings is 1. The van der Waals surface area contributed by atoms with E-state index in [9.17, 15) is 4.79 Å². The molecule has 142 valence electrons. The lowest BCUT2D eigenvalue weighted by Gasteiger charge is -2.06. The Labute approximate surface area is 160 Å². The Morgan fingerprint density at radius 3 is 3.00 bits per heavy atom. The molecule has 28 heavy (non-hydrogen) atoms. The molecule has 4 aromatic rings. The van der Waals surface area contributed by atoms with Crippen LogP contribution in [0.4, 0.5) is 0 Å². The second-order valence-electron chi connectivity index (χ2n) is 7.15. The predicted molar refractivity (Wildman–Crippen MR) is 102 cm³/mol. The molecule has 1 aliphatic rings. The highest BCUT2D eigenvalue weighted by molar-refractivity contribution is 5.72. The number of aryl methyl sites for hydroxylation is 4. The number of hydrogen-bond donors (Lipinski definition) is 0. The van der Waals surface area contributed by atoms with E-state index in [1.165, 1.54) is 17.7 Å². The van der Waals surface area contributed by atoms with Crippen LogP contribution in [0.1, 0.15) is 34.9 Å². The van der Waals surface area contributed by atoms with Gasteiger partial charge < -0.3 is 4.42 Å². The molecular weight excluding hydrogens is 356 g/mol. The molecule has 0 radical (unpaired) electrons. The van der Waals surface area contributed by atoms with Crippen molar-refractivity contribution in [3.8, 4) is 0 Å². The Morgan fingerprint density at radius 2 is 2.07 bits per heavy atom.